The molecule has 0 atom stereocenters. The van der Waals surface area contributed by atoms with Gasteiger partial charge in [0.15, 0.2) is 0 Å². The van der Waals surface area contributed by atoms with Crippen molar-refractivity contribution in [3.05, 3.63) is 0 Å². The highest BCUT2D eigenvalue weighted by Gasteiger charge is 1.73. The number of hydrogen-bond donors (Lipinski definition) is 0. The van der Waals surface area contributed by atoms with E-state index in [-0.39, 0.29) is 0 Å². The lowest BCUT2D eigenvalue weighted by Gasteiger charge is -1.73. The van der Waals surface area contributed by atoms with Crippen LogP contribution in [0.15, 0.2) is 0 Å². The maximum Gasteiger partial charge on any atom is 0 e. The predicted octanol–water partition coefficient (Wildman–Crippen LogP) is -0.107. The van der Waals surface area contributed by atoms with Crippen molar-refractivity contribution in [1.29, 1.82) is 0 Å². The topological polar surface area (TPSA) is 0 Å². The Kier molecular flexibility index (Phi) is 14.0. The first-order chi connectivity index (χ1) is 3.15. The van der Waals surface area contributed by atoms with Gasteiger partial charge in [-0.1, -0.05) is 20.3 Å². The third kappa shape index (κ3) is 1680. The molecule has 0 fully saturated rings. The van der Waals surface area contributed by atoms with Gasteiger partial charge in [-0.05, 0) is 0 Å². The summed E-state index contributed by atoms with van der Waals surface area (Å²) in [5.74, 6) is 0. The largest absolute Gasteiger partial charge is 0.0656 e. The van der Waals surface area contributed by atoms with Crippen molar-refractivity contribution in [1.82, 2.24) is 0 Å². The van der Waals surface area contributed by atoms with Crippen molar-refractivity contribution in [2.75, 3.05) is 0 Å². The Bertz CT molecular complexity index is 18.1. The third-order valence-electron chi connectivity index (χ3n) is 0. The minimum Gasteiger partial charge on any atom is -0.0656 e. The molecule has 6 radical (unpaired) electrons. The maximum absolute atomic E-state index is 4.67. The highest BCUT2D eigenvalue weighted by atomic mass is 13.4. The fraction of sp³-hybridized carbons (Fsp3) is 1.00. The zero-order chi connectivity index (χ0) is 6.28. The molecule has 0 saturated carbocycles. The lowest BCUT2D eigenvalue weighted by atomic mass is 9.08. The summed E-state index contributed by atoms with van der Waals surface area (Å²) in [5.41, 5.74) is 0. The van der Waals surface area contributed by atoms with Crippen LogP contribution in [0.4, 0.5) is 0 Å². The molecule has 0 aromatic heterocycles. The Morgan fingerprint density at radius 3 is 1.14 bits per heavy atom. The number of hydrogen-bond acceptors (Lipinski definition) is 0. The second kappa shape index (κ2) is 9.54. The average Bonchev–Trinajstić information content (AvgIpc) is 1.33. The molecule has 0 aliphatic rings. The summed E-state index contributed by atoms with van der Waals surface area (Å²) in [4.78, 5) is 0. The highest BCUT2D eigenvalue weighted by Crippen LogP contribution is 1.56. The maximum atomic E-state index is 4.67. The van der Waals surface area contributed by atoms with Gasteiger partial charge in [0.25, 0.3) is 0 Å². The predicted molar refractivity (Wildman–Crippen MR) is 39.0 cm³/mol. The molecule has 0 amide bonds. The molecule has 0 saturated heterocycles. The SMILES string of the molecule is CCC.[B]B([B])[B]. The van der Waals surface area contributed by atoms with Crippen LogP contribution in [0.2, 0.25) is 0 Å². The van der Waals surface area contributed by atoms with E-state index in [1.165, 1.54) is 6.42 Å². The molecular weight excluding hydrogens is 79.3 g/mol. The third-order valence-corrected chi connectivity index (χ3v) is 0. The van der Waals surface area contributed by atoms with Gasteiger partial charge in [0.1, 0.15) is 0 Å². The highest BCUT2D eigenvalue weighted by molar-refractivity contribution is 7.49. The van der Waals surface area contributed by atoms with E-state index in [1.54, 1.807) is 0 Å². The molecule has 0 aromatic rings. The Morgan fingerprint density at radius 2 is 1.14 bits per heavy atom. The molecule has 0 aromatic carbocycles. The van der Waals surface area contributed by atoms with E-state index in [4.69, 9.17) is 0 Å². The molecule has 7 heavy (non-hydrogen) atoms. The summed E-state index contributed by atoms with van der Waals surface area (Å²) in [6.07, 6.45) is 0.583. The van der Waals surface area contributed by atoms with E-state index < -0.39 is 6.39 Å². The van der Waals surface area contributed by atoms with E-state index in [2.05, 4.69) is 37.1 Å². The van der Waals surface area contributed by atoms with Crippen LogP contribution in [0.1, 0.15) is 20.3 Å². The first kappa shape index (κ1) is 10.3. The van der Waals surface area contributed by atoms with Crippen LogP contribution in [0.25, 0.3) is 0 Å². The molecular formula is C3H8B4. The number of rotatable bonds is 0. The normalized spacial score (nSPS) is 6.00. The van der Waals surface area contributed by atoms with Gasteiger partial charge < -0.3 is 0 Å². The first-order valence-corrected chi connectivity index (χ1v) is 2.41. The van der Waals surface area contributed by atoms with Crippen LogP contribution in [0, 0.1) is 0 Å². The van der Waals surface area contributed by atoms with Crippen molar-refractivity contribution in [3.63, 3.8) is 0 Å². The molecule has 0 unspecified atom stereocenters. The van der Waals surface area contributed by atoms with E-state index in [1.807, 2.05) is 0 Å². The van der Waals surface area contributed by atoms with Crippen molar-refractivity contribution >= 4 is 29.6 Å². The first-order valence-electron chi connectivity index (χ1n) is 2.41. The van der Waals surface area contributed by atoms with Crippen molar-refractivity contribution in [2.24, 2.45) is 0 Å². The van der Waals surface area contributed by atoms with E-state index in [0.29, 0.717) is 0 Å². The van der Waals surface area contributed by atoms with Crippen LogP contribution in [-0.2, 0) is 0 Å². The van der Waals surface area contributed by atoms with E-state index in [0.717, 1.165) is 0 Å². The van der Waals surface area contributed by atoms with Gasteiger partial charge in [-0.3, -0.25) is 0 Å². The summed E-state index contributed by atoms with van der Waals surface area (Å²) in [5, 5.41) is 0. The van der Waals surface area contributed by atoms with Crippen LogP contribution in [-0.4, -0.2) is 29.6 Å². The van der Waals surface area contributed by atoms with E-state index >= 15 is 0 Å². The van der Waals surface area contributed by atoms with Gasteiger partial charge in [-0.25, -0.2) is 0 Å². The molecule has 0 nitrogen and oxygen atoms in total. The monoisotopic (exact) mass is 88.1 g/mol. The standard InChI is InChI=1S/C3H8.B4/c1-3-2;1-4(2)3/h3H2,1-2H3;. The van der Waals surface area contributed by atoms with Crippen LogP contribution in [0.3, 0.4) is 0 Å². The fourth-order valence-corrected chi connectivity index (χ4v) is 0. The van der Waals surface area contributed by atoms with Crippen molar-refractivity contribution < 1.29 is 0 Å². The summed E-state index contributed by atoms with van der Waals surface area (Å²) in [6.45, 7) is 4.25. The Labute approximate surface area is 50.7 Å². The van der Waals surface area contributed by atoms with Gasteiger partial charge in [-0.15, -0.1) is 0 Å². The van der Waals surface area contributed by atoms with Crippen molar-refractivity contribution in [3.8, 4) is 0 Å². The zero-order valence-corrected chi connectivity index (χ0v) is 5.02. The molecule has 0 bridgehead atoms. The van der Waals surface area contributed by atoms with Gasteiger partial charge in [0, 0.05) is 29.6 Å². The van der Waals surface area contributed by atoms with Gasteiger partial charge >= 0.3 is 0 Å². The Hall–Kier alpha value is 0.260. The van der Waals surface area contributed by atoms with Crippen LogP contribution < -0.4 is 0 Å². The summed E-state index contributed by atoms with van der Waals surface area (Å²) in [6, 6.07) is 0. The Morgan fingerprint density at radius 1 is 1.14 bits per heavy atom. The summed E-state index contributed by atoms with van der Waals surface area (Å²) < 4.78 is 0. The lowest BCUT2D eigenvalue weighted by Crippen LogP contribution is -2.11. The van der Waals surface area contributed by atoms with Crippen molar-refractivity contribution in [2.45, 2.75) is 20.3 Å². The van der Waals surface area contributed by atoms with Crippen LogP contribution in [0.5, 0.6) is 0 Å². The zero-order valence-electron chi connectivity index (χ0n) is 5.02. The molecule has 0 N–H and O–H groups in total. The molecule has 0 aliphatic heterocycles. The molecule has 4 heteroatoms. The molecule has 0 heterocycles. The quantitative estimate of drug-likeness (QED) is 0.362. The summed E-state index contributed by atoms with van der Waals surface area (Å²) >= 11 is 0. The van der Waals surface area contributed by atoms with Gasteiger partial charge in [0.2, 0.25) is 0 Å². The van der Waals surface area contributed by atoms with Crippen LogP contribution >= 0.6 is 0 Å². The second-order valence-electron chi connectivity index (χ2n) is 1.28. The minimum atomic E-state index is -0.667. The second-order valence-corrected chi connectivity index (χ2v) is 1.28. The average molecular weight is 87.3 g/mol. The fourth-order valence-electron chi connectivity index (χ4n) is 0. The molecule has 0 spiro atoms. The minimum absolute atomic E-state index is 0.667. The molecule has 0 rings (SSSR count). The molecule has 0 aliphatic carbocycles. The lowest BCUT2D eigenvalue weighted by molar-refractivity contribution is 1.09. The van der Waals surface area contributed by atoms with Gasteiger partial charge in [0.05, 0.1) is 0 Å². The smallest absolute Gasteiger partial charge is 0 e. The molecule has 32 valence electrons. The Balaban J connectivity index is 0. The summed E-state index contributed by atoms with van der Waals surface area (Å²) in [7, 11) is 14.0. The van der Waals surface area contributed by atoms with Gasteiger partial charge in [-0.2, -0.15) is 0 Å². The van der Waals surface area contributed by atoms with E-state index in [9.17, 15) is 0 Å².